The Morgan fingerprint density at radius 3 is 1.89 bits per heavy atom. The van der Waals surface area contributed by atoms with Gasteiger partial charge in [-0.05, 0) is 35.8 Å². The molecule has 3 nitrogen and oxygen atoms in total. The van der Waals surface area contributed by atoms with Gasteiger partial charge < -0.3 is 10.6 Å². The summed E-state index contributed by atoms with van der Waals surface area (Å²) in [6.45, 7) is 2.62. The summed E-state index contributed by atoms with van der Waals surface area (Å²) in [5.74, 6) is -0.555. The molecule has 0 bridgehead atoms. The van der Waals surface area contributed by atoms with Gasteiger partial charge in [0.25, 0.3) is 0 Å². The molecule has 136 valence electrons. The molecule has 0 aromatic heterocycles. The highest BCUT2D eigenvalue weighted by Crippen LogP contribution is 2.24. The Hall–Kier alpha value is -2.98. The van der Waals surface area contributed by atoms with Crippen LogP contribution in [-0.4, -0.2) is 11.0 Å². The number of carbonyl (C=O) groups is 1. The zero-order chi connectivity index (χ0) is 19.1. The van der Waals surface area contributed by atoms with Gasteiger partial charge in [0.05, 0.1) is 5.92 Å². The molecule has 0 atom stereocenters. The van der Waals surface area contributed by atoms with Crippen molar-refractivity contribution in [2.75, 3.05) is 0 Å². The fourth-order valence-electron chi connectivity index (χ4n) is 2.90. The Morgan fingerprint density at radius 2 is 1.37 bits per heavy atom. The maximum atomic E-state index is 13.0. The maximum Gasteiger partial charge on any atom is 0.238 e. The second-order valence-corrected chi connectivity index (χ2v) is 6.82. The van der Waals surface area contributed by atoms with Gasteiger partial charge in [-0.1, -0.05) is 90.5 Å². The zero-order valence-corrected chi connectivity index (χ0v) is 16.0. The number of thiocarbonyl (C=S) groups is 1. The molecule has 0 heterocycles. The standard InChI is InChI=1S/C23H22N2OS/c1-17-12-14-18(15-13-17)16-24-23(27)25-22(26)21(19-8-4-2-5-9-19)20-10-6-3-7-11-20/h2-15,21H,16H2,1H3,(H2,24,25,26,27). The van der Waals surface area contributed by atoms with Crippen molar-refractivity contribution in [1.29, 1.82) is 0 Å². The largest absolute Gasteiger partial charge is 0.358 e. The minimum Gasteiger partial charge on any atom is -0.358 e. The van der Waals surface area contributed by atoms with Crippen LogP contribution in [0.15, 0.2) is 84.9 Å². The van der Waals surface area contributed by atoms with Crippen LogP contribution >= 0.6 is 12.2 Å². The highest BCUT2D eigenvalue weighted by atomic mass is 32.1. The highest BCUT2D eigenvalue weighted by Gasteiger charge is 2.23. The van der Waals surface area contributed by atoms with Crippen LogP contribution in [-0.2, 0) is 11.3 Å². The van der Waals surface area contributed by atoms with Crippen molar-refractivity contribution in [2.45, 2.75) is 19.4 Å². The number of aryl methyl sites for hydroxylation is 1. The topological polar surface area (TPSA) is 41.1 Å². The number of hydrogen-bond acceptors (Lipinski definition) is 2. The van der Waals surface area contributed by atoms with Crippen molar-refractivity contribution in [3.05, 3.63) is 107 Å². The Balaban J connectivity index is 1.69. The Labute approximate surface area is 165 Å². The zero-order valence-electron chi connectivity index (χ0n) is 15.2. The van der Waals surface area contributed by atoms with Gasteiger partial charge in [-0.3, -0.25) is 4.79 Å². The third-order valence-corrected chi connectivity index (χ3v) is 4.58. The fraction of sp³-hybridized carbons (Fsp3) is 0.130. The Kier molecular flexibility index (Phi) is 6.34. The third-order valence-electron chi connectivity index (χ3n) is 4.34. The summed E-state index contributed by atoms with van der Waals surface area (Å²) < 4.78 is 0. The van der Waals surface area contributed by atoms with Crippen LogP contribution in [0.5, 0.6) is 0 Å². The molecule has 3 aromatic rings. The van der Waals surface area contributed by atoms with Gasteiger partial charge in [-0.2, -0.15) is 0 Å². The fourth-order valence-corrected chi connectivity index (χ4v) is 3.08. The van der Waals surface area contributed by atoms with Crippen molar-refractivity contribution < 1.29 is 4.79 Å². The lowest BCUT2D eigenvalue weighted by Crippen LogP contribution is -2.41. The average Bonchev–Trinajstić information content (AvgIpc) is 2.69. The summed E-state index contributed by atoms with van der Waals surface area (Å²) in [4.78, 5) is 13.0. The van der Waals surface area contributed by atoms with Crippen LogP contribution < -0.4 is 10.6 Å². The molecule has 2 N–H and O–H groups in total. The van der Waals surface area contributed by atoms with E-state index in [-0.39, 0.29) is 5.91 Å². The molecule has 0 spiro atoms. The molecule has 0 aliphatic carbocycles. The van der Waals surface area contributed by atoms with Crippen LogP contribution in [0.2, 0.25) is 0 Å². The minimum atomic E-state index is -0.411. The lowest BCUT2D eigenvalue weighted by Gasteiger charge is -2.18. The summed E-state index contributed by atoms with van der Waals surface area (Å²) in [5, 5.41) is 6.28. The first-order valence-corrected chi connectivity index (χ1v) is 9.28. The lowest BCUT2D eigenvalue weighted by atomic mass is 9.90. The summed E-state index contributed by atoms with van der Waals surface area (Å²) in [6, 6.07) is 27.7. The van der Waals surface area contributed by atoms with E-state index < -0.39 is 5.92 Å². The van der Waals surface area contributed by atoms with Crippen LogP contribution in [0.4, 0.5) is 0 Å². The molecule has 0 saturated heterocycles. The summed E-state index contributed by atoms with van der Waals surface area (Å²) >= 11 is 5.33. The van der Waals surface area contributed by atoms with E-state index in [9.17, 15) is 4.79 Å². The minimum absolute atomic E-state index is 0.145. The number of benzene rings is 3. The Bertz CT molecular complexity index is 853. The number of hydrogen-bond donors (Lipinski definition) is 2. The van der Waals surface area contributed by atoms with Crippen LogP contribution in [0.1, 0.15) is 28.2 Å². The molecule has 1 amide bonds. The van der Waals surface area contributed by atoms with Gasteiger partial charge >= 0.3 is 0 Å². The third kappa shape index (κ3) is 5.25. The predicted octanol–water partition coefficient (Wildman–Crippen LogP) is 4.32. The SMILES string of the molecule is Cc1ccc(CNC(=S)NC(=O)C(c2ccccc2)c2ccccc2)cc1. The van der Waals surface area contributed by atoms with Crippen LogP contribution in [0, 0.1) is 6.92 Å². The van der Waals surface area contributed by atoms with E-state index >= 15 is 0 Å². The predicted molar refractivity (Wildman–Crippen MR) is 113 cm³/mol. The molecule has 0 aliphatic heterocycles. The maximum absolute atomic E-state index is 13.0. The molecule has 0 unspecified atom stereocenters. The normalized spacial score (nSPS) is 10.4. The number of carbonyl (C=O) groups excluding carboxylic acids is 1. The summed E-state index contributed by atoms with van der Waals surface area (Å²) in [7, 11) is 0. The molecule has 0 aliphatic rings. The van der Waals surface area contributed by atoms with Gasteiger partial charge in [0, 0.05) is 6.54 Å². The first-order chi connectivity index (χ1) is 13.1. The summed E-state index contributed by atoms with van der Waals surface area (Å²) in [6.07, 6.45) is 0. The molecule has 0 saturated carbocycles. The first-order valence-electron chi connectivity index (χ1n) is 8.87. The van der Waals surface area contributed by atoms with Crippen LogP contribution in [0.3, 0.4) is 0 Å². The quantitative estimate of drug-likeness (QED) is 0.654. The average molecular weight is 375 g/mol. The van der Waals surface area contributed by atoms with E-state index in [2.05, 4.69) is 29.7 Å². The van der Waals surface area contributed by atoms with Crippen molar-refractivity contribution >= 4 is 23.2 Å². The molecule has 0 radical (unpaired) electrons. The monoisotopic (exact) mass is 374 g/mol. The molecular formula is C23H22N2OS. The van der Waals surface area contributed by atoms with Gasteiger partial charge in [-0.15, -0.1) is 0 Å². The van der Waals surface area contributed by atoms with Gasteiger partial charge in [0.15, 0.2) is 5.11 Å². The highest BCUT2D eigenvalue weighted by molar-refractivity contribution is 7.80. The van der Waals surface area contributed by atoms with Crippen molar-refractivity contribution in [1.82, 2.24) is 10.6 Å². The Morgan fingerprint density at radius 1 is 0.852 bits per heavy atom. The van der Waals surface area contributed by atoms with Crippen molar-refractivity contribution in [3.8, 4) is 0 Å². The summed E-state index contributed by atoms with van der Waals surface area (Å²) in [5.41, 5.74) is 4.19. The second-order valence-electron chi connectivity index (χ2n) is 6.41. The molecule has 3 rings (SSSR count). The van der Waals surface area contributed by atoms with E-state index in [1.165, 1.54) is 5.56 Å². The molecule has 4 heteroatoms. The van der Waals surface area contributed by atoms with Gasteiger partial charge in [-0.25, -0.2) is 0 Å². The van der Waals surface area contributed by atoms with Gasteiger partial charge in [0.1, 0.15) is 0 Å². The van der Waals surface area contributed by atoms with E-state index in [0.717, 1.165) is 16.7 Å². The first kappa shape index (κ1) is 18.8. The number of amides is 1. The smallest absolute Gasteiger partial charge is 0.238 e. The molecular weight excluding hydrogens is 352 g/mol. The van der Waals surface area contributed by atoms with E-state index in [1.807, 2.05) is 72.8 Å². The number of nitrogens with one attached hydrogen (secondary N) is 2. The lowest BCUT2D eigenvalue weighted by molar-refractivity contribution is -0.120. The second kappa shape index (κ2) is 9.10. The van der Waals surface area contributed by atoms with Gasteiger partial charge in [0.2, 0.25) is 5.91 Å². The molecule has 27 heavy (non-hydrogen) atoms. The van der Waals surface area contributed by atoms with Crippen molar-refractivity contribution in [2.24, 2.45) is 0 Å². The van der Waals surface area contributed by atoms with E-state index in [1.54, 1.807) is 0 Å². The van der Waals surface area contributed by atoms with E-state index in [4.69, 9.17) is 12.2 Å². The van der Waals surface area contributed by atoms with E-state index in [0.29, 0.717) is 11.7 Å². The number of rotatable bonds is 5. The van der Waals surface area contributed by atoms with Crippen molar-refractivity contribution in [3.63, 3.8) is 0 Å². The molecule has 3 aromatic carbocycles. The molecule has 0 fully saturated rings. The van der Waals surface area contributed by atoms with Crippen LogP contribution in [0.25, 0.3) is 0 Å².